The van der Waals surface area contributed by atoms with E-state index in [0.717, 1.165) is 19.2 Å². The van der Waals surface area contributed by atoms with Gasteiger partial charge in [-0.05, 0) is 38.0 Å². The molecule has 1 heterocycles. The second kappa shape index (κ2) is 7.35. The Morgan fingerprint density at radius 1 is 1.50 bits per heavy atom. The Balaban J connectivity index is 2.96. The summed E-state index contributed by atoms with van der Waals surface area (Å²) < 4.78 is 0. The third-order valence-corrected chi connectivity index (χ3v) is 2.80. The molecule has 0 aliphatic rings. The fourth-order valence-electron chi connectivity index (χ4n) is 1.98. The molecular formula is C12H20ClN5O2. The quantitative estimate of drug-likeness (QED) is 0.473. The van der Waals surface area contributed by atoms with Crippen molar-refractivity contribution in [3.63, 3.8) is 0 Å². The van der Waals surface area contributed by atoms with Gasteiger partial charge < -0.3 is 10.2 Å². The van der Waals surface area contributed by atoms with Crippen molar-refractivity contribution in [3.8, 4) is 0 Å². The molecule has 1 N–H and O–H groups in total. The molecule has 7 nitrogen and oxygen atoms in total. The lowest BCUT2D eigenvalue weighted by Crippen LogP contribution is -2.34. The molecular weight excluding hydrogens is 282 g/mol. The maximum Gasteiger partial charge on any atom is 0.329 e. The second-order valence-electron chi connectivity index (χ2n) is 5.36. The summed E-state index contributed by atoms with van der Waals surface area (Å²) in [7, 11) is 3.91. The molecule has 0 saturated heterocycles. The van der Waals surface area contributed by atoms with Crippen LogP contribution in [0.15, 0.2) is 6.20 Å². The van der Waals surface area contributed by atoms with E-state index in [1.165, 1.54) is 0 Å². The van der Waals surface area contributed by atoms with Crippen molar-refractivity contribution < 1.29 is 4.92 Å². The fraction of sp³-hybridized carbons (Fsp3) is 0.667. The highest BCUT2D eigenvalue weighted by atomic mass is 35.5. The van der Waals surface area contributed by atoms with E-state index in [0.29, 0.717) is 5.92 Å². The minimum atomic E-state index is -0.513. The molecule has 0 amide bonds. The first-order chi connectivity index (χ1) is 9.29. The third kappa shape index (κ3) is 5.26. The monoisotopic (exact) mass is 301 g/mol. The van der Waals surface area contributed by atoms with E-state index >= 15 is 0 Å². The molecule has 0 radical (unpaired) electrons. The lowest BCUT2D eigenvalue weighted by atomic mass is 10.0. The van der Waals surface area contributed by atoms with E-state index in [9.17, 15) is 10.1 Å². The number of nitrogens with one attached hydrogen (secondary N) is 1. The molecule has 0 bridgehead atoms. The van der Waals surface area contributed by atoms with Crippen LogP contribution in [0.2, 0.25) is 5.28 Å². The molecule has 0 aromatic carbocycles. The Labute approximate surface area is 123 Å². The highest BCUT2D eigenvalue weighted by Gasteiger charge is 2.21. The Morgan fingerprint density at radius 2 is 2.15 bits per heavy atom. The average molecular weight is 302 g/mol. The fourth-order valence-corrected chi connectivity index (χ4v) is 2.11. The van der Waals surface area contributed by atoms with Crippen LogP contribution in [0.4, 0.5) is 11.5 Å². The van der Waals surface area contributed by atoms with Gasteiger partial charge in [-0.15, -0.1) is 0 Å². The van der Waals surface area contributed by atoms with Crippen molar-refractivity contribution in [3.05, 3.63) is 21.6 Å². The van der Waals surface area contributed by atoms with Crippen LogP contribution in [0.3, 0.4) is 0 Å². The molecule has 0 saturated carbocycles. The zero-order valence-electron chi connectivity index (χ0n) is 12.1. The predicted molar refractivity (Wildman–Crippen MR) is 79.1 cm³/mol. The number of halogens is 1. The third-order valence-electron chi connectivity index (χ3n) is 2.62. The number of anilines is 1. The summed E-state index contributed by atoms with van der Waals surface area (Å²) in [5, 5.41) is 14.1. The predicted octanol–water partition coefficient (Wildman–Crippen LogP) is 2.43. The van der Waals surface area contributed by atoms with Crippen LogP contribution < -0.4 is 5.32 Å². The van der Waals surface area contributed by atoms with E-state index in [4.69, 9.17) is 11.6 Å². The first-order valence-corrected chi connectivity index (χ1v) is 6.75. The standard InChI is InChI=1S/C12H20ClN5O2/c1-8(2)5-9(7-17(3)4)15-11-10(18(19)20)6-14-12(13)16-11/h6,8-9H,5,7H2,1-4H3,(H,14,15,16). The first kappa shape index (κ1) is 16.6. The number of nitro groups is 1. The van der Waals surface area contributed by atoms with Gasteiger partial charge in [-0.3, -0.25) is 10.1 Å². The van der Waals surface area contributed by atoms with Gasteiger partial charge in [-0.2, -0.15) is 4.98 Å². The smallest absolute Gasteiger partial charge is 0.329 e. The summed E-state index contributed by atoms with van der Waals surface area (Å²) in [6.45, 7) is 4.95. The van der Waals surface area contributed by atoms with Crippen LogP contribution in [0, 0.1) is 16.0 Å². The van der Waals surface area contributed by atoms with Crippen molar-refractivity contribution in [1.29, 1.82) is 0 Å². The van der Waals surface area contributed by atoms with Crippen molar-refractivity contribution in [1.82, 2.24) is 14.9 Å². The highest BCUT2D eigenvalue weighted by molar-refractivity contribution is 6.28. The summed E-state index contributed by atoms with van der Waals surface area (Å²) in [4.78, 5) is 20.1. The molecule has 112 valence electrons. The lowest BCUT2D eigenvalue weighted by molar-refractivity contribution is -0.384. The zero-order chi connectivity index (χ0) is 15.3. The summed E-state index contributed by atoms with van der Waals surface area (Å²) in [6, 6.07) is 0.0506. The zero-order valence-corrected chi connectivity index (χ0v) is 12.9. The van der Waals surface area contributed by atoms with Crippen LogP contribution >= 0.6 is 11.6 Å². The van der Waals surface area contributed by atoms with Gasteiger partial charge in [0.25, 0.3) is 0 Å². The summed E-state index contributed by atoms with van der Waals surface area (Å²) in [5.74, 6) is 0.631. The molecule has 1 aromatic heterocycles. The topological polar surface area (TPSA) is 84.2 Å². The van der Waals surface area contributed by atoms with Crippen LogP contribution in [0.5, 0.6) is 0 Å². The van der Waals surface area contributed by atoms with Crippen LogP contribution in [0.25, 0.3) is 0 Å². The normalized spacial score (nSPS) is 12.8. The van der Waals surface area contributed by atoms with E-state index in [1.54, 1.807) is 0 Å². The molecule has 0 fully saturated rings. The van der Waals surface area contributed by atoms with Crippen molar-refractivity contribution >= 4 is 23.1 Å². The van der Waals surface area contributed by atoms with Gasteiger partial charge in [-0.25, -0.2) is 4.98 Å². The Hall–Kier alpha value is -1.47. The van der Waals surface area contributed by atoms with E-state index in [1.807, 2.05) is 19.0 Å². The molecule has 8 heteroatoms. The number of nitrogens with zero attached hydrogens (tertiary/aromatic N) is 4. The van der Waals surface area contributed by atoms with E-state index in [-0.39, 0.29) is 22.8 Å². The molecule has 1 unspecified atom stereocenters. The number of hydrogen-bond donors (Lipinski definition) is 1. The molecule has 0 spiro atoms. The molecule has 1 rings (SSSR count). The van der Waals surface area contributed by atoms with Gasteiger partial charge in [0, 0.05) is 12.6 Å². The van der Waals surface area contributed by atoms with Gasteiger partial charge in [0.1, 0.15) is 6.20 Å². The molecule has 1 aromatic rings. The minimum Gasteiger partial charge on any atom is -0.360 e. The molecule has 0 aliphatic carbocycles. The average Bonchev–Trinajstić information content (AvgIpc) is 2.26. The van der Waals surface area contributed by atoms with Crippen LogP contribution in [0.1, 0.15) is 20.3 Å². The summed E-state index contributed by atoms with van der Waals surface area (Å²) >= 11 is 5.72. The summed E-state index contributed by atoms with van der Waals surface area (Å²) in [6.07, 6.45) is 2.00. The SMILES string of the molecule is CC(C)CC(CN(C)C)Nc1nc(Cl)ncc1[N+](=O)[O-]. The maximum absolute atomic E-state index is 11.0. The van der Waals surface area contributed by atoms with Crippen LogP contribution in [-0.4, -0.2) is 46.5 Å². The van der Waals surface area contributed by atoms with Gasteiger partial charge in [-0.1, -0.05) is 13.8 Å². The second-order valence-corrected chi connectivity index (χ2v) is 5.70. The van der Waals surface area contributed by atoms with Crippen LogP contribution in [-0.2, 0) is 0 Å². The molecule has 1 atom stereocenters. The Kier molecular flexibility index (Phi) is 6.09. The first-order valence-electron chi connectivity index (χ1n) is 6.37. The summed E-state index contributed by atoms with van der Waals surface area (Å²) in [5.41, 5.74) is -0.165. The lowest BCUT2D eigenvalue weighted by Gasteiger charge is -2.24. The largest absolute Gasteiger partial charge is 0.360 e. The highest BCUT2D eigenvalue weighted by Crippen LogP contribution is 2.24. The number of hydrogen-bond acceptors (Lipinski definition) is 6. The van der Waals surface area contributed by atoms with Crippen molar-refractivity contribution in [2.75, 3.05) is 26.0 Å². The van der Waals surface area contributed by atoms with E-state index in [2.05, 4.69) is 29.1 Å². The van der Waals surface area contributed by atoms with Gasteiger partial charge in [0.15, 0.2) is 0 Å². The van der Waals surface area contributed by atoms with Crippen molar-refractivity contribution in [2.45, 2.75) is 26.3 Å². The number of aromatic nitrogens is 2. The number of likely N-dealkylation sites (N-methyl/N-ethyl adjacent to an activating group) is 1. The van der Waals surface area contributed by atoms with Crippen molar-refractivity contribution in [2.24, 2.45) is 5.92 Å². The Bertz CT molecular complexity index is 457. The van der Waals surface area contributed by atoms with Gasteiger partial charge >= 0.3 is 5.69 Å². The maximum atomic E-state index is 11.0. The molecule has 20 heavy (non-hydrogen) atoms. The molecule has 0 aliphatic heterocycles. The minimum absolute atomic E-state index is 0.00810. The van der Waals surface area contributed by atoms with Gasteiger partial charge in [0.05, 0.1) is 4.92 Å². The van der Waals surface area contributed by atoms with Gasteiger partial charge in [0.2, 0.25) is 11.1 Å². The number of rotatable bonds is 7. The van der Waals surface area contributed by atoms with E-state index < -0.39 is 4.92 Å². The Morgan fingerprint density at radius 3 is 2.65 bits per heavy atom.